The molecule has 1 saturated carbocycles. The Hall–Kier alpha value is -0.570. The van der Waals surface area contributed by atoms with Gasteiger partial charge in [0.2, 0.25) is 0 Å². The van der Waals surface area contributed by atoms with Gasteiger partial charge in [0.25, 0.3) is 0 Å². The van der Waals surface area contributed by atoms with Crippen LogP contribution in [0.15, 0.2) is 0 Å². The van der Waals surface area contributed by atoms with E-state index in [0.29, 0.717) is 0 Å². The molecular formula is C12H23NO2. The monoisotopic (exact) mass is 213 g/mol. The molecule has 0 spiro atoms. The molecule has 88 valence electrons. The number of hydrogen-bond acceptors (Lipinski definition) is 2. The SMILES string of the molecule is CC(C(=O)O)N(C)CCC1CCCCC1. The summed E-state index contributed by atoms with van der Waals surface area (Å²) < 4.78 is 0. The first-order chi connectivity index (χ1) is 7.11. The molecule has 15 heavy (non-hydrogen) atoms. The van der Waals surface area contributed by atoms with Gasteiger partial charge >= 0.3 is 5.97 Å². The highest BCUT2D eigenvalue weighted by molar-refractivity contribution is 5.72. The molecule has 3 nitrogen and oxygen atoms in total. The minimum Gasteiger partial charge on any atom is -0.480 e. The van der Waals surface area contributed by atoms with Gasteiger partial charge in [0.15, 0.2) is 0 Å². The Bertz CT molecular complexity index is 200. The topological polar surface area (TPSA) is 40.5 Å². The van der Waals surface area contributed by atoms with Gasteiger partial charge in [0, 0.05) is 0 Å². The molecule has 1 unspecified atom stereocenters. The molecule has 1 aliphatic carbocycles. The molecule has 1 fully saturated rings. The highest BCUT2D eigenvalue weighted by atomic mass is 16.4. The van der Waals surface area contributed by atoms with Gasteiger partial charge < -0.3 is 5.11 Å². The van der Waals surface area contributed by atoms with Crippen LogP contribution in [0.4, 0.5) is 0 Å². The molecule has 0 aromatic heterocycles. The Balaban J connectivity index is 2.20. The van der Waals surface area contributed by atoms with Crippen molar-refractivity contribution in [2.24, 2.45) is 5.92 Å². The van der Waals surface area contributed by atoms with Crippen molar-refractivity contribution in [2.45, 2.75) is 51.5 Å². The van der Waals surface area contributed by atoms with Gasteiger partial charge in [0.05, 0.1) is 0 Å². The summed E-state index contributed by atoms with van der Waals surface area (Å²) in [4.78, 5) is 12.7. The van der Waals surface area contributed by atoms with E-state index in [0.717, 1.165) is 18.9 Å². The Kier molecular flexibility index (Phi) is 5.09. The van der Waals surface area contributed by atoms with Gasteiger partial charge in [-0.1, -0.05) is 32.1 Å². The summed E-state index contributed by atoms with van der Waals surface area (Å²) in [5.41, 5.74) is 0. The predicted octanol–water partition coefficient (Wildman–Crippen LogP) is 2.36. The smallest absolute Gasteiger partial charge is 0.320 e. The summed E-state index contributed by atoms with van der Waals surface area (Å²) in [5.74, 6) is 0.114. The van der Waals surface area contributed by atoms with E-state index in [1.807, 2.05) is 11.9 Å². The van der Waals surface area contributed by atoms with Gasteiger partial charge in [0.1, 0.15) is 6.04 Å². The third kappa shape index (κ3) is 4.20. The molecule has 0 aliphatic heterocycles. The van der Waals surface area contributed by atoms with Crippen molar-refractivity contribution in [1.82, 2.24) is 4.90 Å². The molecule has 0 aromatic carbocycles. The molecule has 0 radical (unpaired) electrons. The van der Waals surface area contributed by atoms with Crippen LogP contribution in [-0.2, 0) is 4.79 Å². The molecule has 1 atom stereocenters. The Morgan fingerprint density at radius 1 is 1.40 bits per heavy atom. The zero-order valence-electron chi connectivity index (χ0n) is 9.91. The quantitative estimate of drug-likeness (QED) is 0.762. The average molecular weight is 213 g/mol. The van der Waals surface area contributed by atoms with Crippen molar-refractivity contribution in [1.29, 1.82) is 0 Å². The molecule has 0 amide bonds. The maximum Gasteiger partial charge on any atom is 0.320 e. The number of carboxylic acid groups (broad SMARTS) is 1. The predicted molar refractivity (Wildman–Crippen MR) is 60.9 cm³/mol. The summed E-state index contributed by atoms with van der Waals surface area (Å²) in [6.45, 7) is 2.67. The Labute approximate surface area is 92.5 Å². The third-order valence-corrected chi connectivity index (χ3v) is 3.63. The highest BCUT2D eigenvalue weighted by Crippen LogP contribution is 2.26. The standard InChI is InChI=1S/C12H23NO2/c1-10(12(14)15)13(2)9-8-11-6-4-3-5-7-11/h10-11H,3-9H2,1-2H3,(H,14,15). The first-order valence-corrected chi connectivity index (χ1v) is 6.04. The summed E-state index contributed by atoms with van der Waals surface area (Å²) in [6, 6.07) is -0.353. The Morgan fingerprint density at radius 3 is 2.53 bits per heavy atom. The minimum absolute atomic E-state index is 0.353. The third-order valence-electron chi connectivity index (χ3n) is 3.63. The van der Waals surface area contributed by atoms with Crippen LogP contribution in [0.3, 0.4) is 0 Å². The lowest BCUT2D eigenvalue weighted by Gasteiger charge is -2.26. The van der Waals surface area contributed by atoms with E-state index in [9.17, 15) is 4.79 Å². The maximum absolute atomic E-state index is 10.8. The molecule has 1 N–H and O–H groups in total. The lowest BCUT2D eigenvalue weighted by molar-refractivity contribution is -0.142. The molecule has 0 bridgehead atoms. The van der Waals surface area contributed by atoms with Gasteiger partial charge in [-0.3, -0.25) is 9.69 Å². The fourth-order valence-corrected chi connectivity index (χ4v) is 2.24. The van der Waals surface area contributed by atoms with E-state index >= 15 is 0 Å². The van der Waals surface area contributed by atoms with Crippen molar-refractivity contribution in [3.63, 3.8) is 0 Å². The lowest BCUT2D eigenvalue weighted by Crippen LogP contribution is -2.37. The number of nitrogens with zero attached hydrogens (tertiary/aromatic N) is 1. The lowest BCUT2D eigenvalue weighted by atomic mass is 9.87. The van der Waals surface area contributed by atoms with Gasteiger partial charge in [-0.25, -0.2) is 0 Å². The molecule has 0 heterocycles. The van der Waals surface area contributed by atoms with Crippen molar-refractivity contribution < 1.29 is 9.90 Å². The first kappa shape index (κ1) is 12.5. The summed E-state index contributed by atoms with van der Waals surface area (Å²) in [5, 5.41) is 8.85. The number of rotatable bonds is 5. The van der Waals surface area contributed by atoms with Crippen LogP contribution in [-0.4, -0.2) is 35.6 Å². The van der Waals surface area contributed by atoms with Crippen molar-refractivity contribution >= 4 is 5.97 Å². The number of carboxylic acids is 1. The zero-order chi connectivity index (χ0) is 11.3. The van der Waals surface area contributed by atoms with E-state index in [4.69, 9.17) is 5.11 Å². The second kappa shape index (κ2) is 6.11. The number of hydrogen-bond donors (Lipinski definition) is 1. The van der Waals surface area contributed by atoms with E-state index in [2.05, 4.69) is 0 Å². The van der Waals surface area contributed by atoms with E-state index in [1.165, 1.54) is 32.1 Å². The zero-order valence-corrected chi connectivity index (χ0v) is 9.91. The van der Waals surface area contributed by atoms with Crippen LogP contribution in [0.25, 0.3) is 0 Å². The van der Waals surface area contributed by atoms with E-state index in [1.54, 1.807) is 6.92 Å². The van der Waals surface area contributed by atoms with E-state index < -0.39 is 5.97 Å². The summed E-state index contributed by atoms with van der Waals surface area (Å²) in [6.07, 6.45) is 7.96. The van der Waals surface area contributed by atoms with Crippen molar-refractivity contribution in [3.8, 4) is 0 Å². The molecule has 0 aromatic rings. The maximum atomic E-state index is 10.8. The van der Waals surface area contributed by atoms with Crippen LogP contribution in [0.5, 0.6) is 0 Å². The average Bonchev–Trinajstić information content (AvgIpc) is 2.26. The fraction of sp³-hybridized carbons (Fsp3) is 0.917. The largest absolute Gasteiger partial charge is 0.480 e. The number of aliphatic carboxylic acids is 1. The molecule has 3 heteroatoms. The highest BCUT2D eigenvalue weighted by Gasteiger charge is 2.19. The first-order valence-electron chi connectivity index (χ1n) is 6.04. The summed E-state index contributed by atoms with van der Waals surface area (Å²) >= 11 is 0. The van der Waals surface area contributed by atoms with Crippen LogP contribution in [0, 0.1) is 5.92 Å². The van der Waals surface area contributed by atoms with Gasteiger partial charge in [-0.2, -0.15) is 0 Å². The van der Waals surface area contributed by atoms with Crippen molar-refractivity contribution in [2.75, 3.05) is 13.6 Å². The normalized spacial score (nSPS) is 20.5. The van der Waals surface area contributed by atoms with Gasteiger partial charge in [-0.05, 0) is 32.9 Å². The van der Waals surface area contributed by atoms with Crippen LogP contribution < -0.4 is 0 Å². The van der Waals surface area contributed by atoms with E-state index in [-0.39, 0.29) is 6.04 Å². The number of likely N-dealkylation sites (N-methyl/N-ethyl adjacent to an activating group) is 1. The van der Waals surface area contributed by atoms with Crippen LogP contribution >= 0.6 is 0 Å². The minimum atomic E-state index is -0.721. The van der Waals surface area contributed by atoms with Crippen molar-refractivity contribution in [3.05, 3.63) is 0 Å². The second-order valence-corrected chi connectivity index (χ2v) is 4.79. The number of carbonyl (C=O) groups is 1. The molecular weight excluding hydrogens is 190 g/mol. The Morgan fingerprint density at radius 2 is 2.00 bits per heavy atom. The second-order valence-electron chi connectivity index (χ2n) is 4.79. The van der Waals surface area contributed by atoms with Crippen LogP contribution in [0.1, 0.15) is 45.4 Å². The summed E-state index contributed by atoms with van der Waals surface area (Å²) in [7, 11) is 1.90. The molecule has 0 saturated heterocycles. The van der Waals surface area contributed by atoms with Gasteiger partial charge in [-0.15, -0.1) is 0 Å². The molecule has 1 rings (SSSR count). The fourth-order valence-electron chi connectivity index (χ4n) is 2.24. The molecule has 1 aliphatic rings. The van der Waals surface area contributed by atoms with Crippen LogP contribution in [0.2, 0.25) is 0 Å².